The Kier molecular flexibility index (Phi) is 4.83. The van der Waals surface area contributed by atoms with Crippen LogP contribution in [0, 0.1) is 0 Å². The summed E-state index contributed by atoms with van der Waals surface area (Å²) in [6.45, 7) is -0.352. The average Bonchev–Trinajstić information content (AvgIpc) is 2.44. The van der Waals surface area contributed by atoms with Gasteiger partial charge in [-0.05, 0) is 6.07 Å². The standard InChI is InChI=1S/C12H14F4N2O4S/c13-11(1-3-21-4-2-11)7-22-10-9(12(14,15)16)5-8(6-18-10)23(17,19)20/h5-6H,1-4,7H2,(H2,17,19,20). The van der Waals surface area contributed by atoms with Gasteiger partial charge in [-0.25, -0.2) is 22.9 Å². The van der Waals surface area contributed by atoms with E-state index in [4.69, 9.17) is 14.6 Å². The quantitative estimate of drug-likeness (QED) is 0.827. The van der Waals surface area contributed by atoms with Gasteiger partial charge in [0.2, 0.25) is 15.9 Å². The lowest BCUT2D eigenvalue weighted by molar-refractivity contribution is -0.140. The molecule has 0 atom stereocenters. The minimum absolute atomic E-state index is 0.0103. The second kappa shape index (κ2) is 6.21. The number of hydrogen-bond donors (Lipinski definition) is 1. The SMILES string of the molecule is NS(=O)(=O)c1cnc(OCC2(F)CCOCC2)c(C(F)(F)F)c1. The van der Waals surface area contributed by atoms with E-state index >= 15 is 0 Å². The molecule has 0 amide bonds. The number of hydrogen-bond acceptors (Lipinski definition) is 5. The van der Waals surface area contributed by atoms with E-state index in [2.05, 4.69) is 4.98 Å². The zero-order chi connectivity index (χ0) is 17.3. The summed E-state index contributed by atoms with van der Waals surface area (Å²) in [6, 6.07) is 0.312. The van der Waals surface area contributed by atoms with E-state index in [0.29, 0.717) is 12.3 Å². The molecule has 23 heavy (non-hydrogen) atoms. The summed E-state index contributed by atoms with van der Waals surface area (Å²) in [5.74, 6) is -0.895. The maximum Gasteiger partial charge on any atom is 0.421 e. The molecule has 6 nitrogen and oxygen atoms in total. The molecule has 1 aromatic heterocycles. The maximum atomic E-state index is 14.3. The molecule has 1 saturated heterocycles. The Labute approximate surface area is 129 Å². The summed E-state index contributed by atoms with van der Waals surface area (Å²) in [4.78, 5) is 2.52. The molecule has 1 aliphatic rings. The highest BCUT2D eigenvalue weighted by atomic mass is 32.2. The van der Waals surface area contributed by atoms with Crippen molar-refractivity contribution in [2.45, 2.75) is 29.6 Å². The van der Waals surface area contributed by atoms with E-state index in [1.807, 2.05) is 0 Å². The first kappa shape index (κ1) is 17.9. The number of primary sulfonamides is 1. The van der Waals surface area contributed by atoms with Gasteiger partial charge in [0.1, 0.15) is 22.7 Å². The Bertz CT molecular complexity index is 672. The maximum absolute atomic E-state index is 14.3. The zero-order valence-electron chi connectivity index (χ0n) is 11.8. The number of sulfonamides is 1. The lowest BCUT2D eigenvalue weighted by Gasteiger charge is -2.29. The van der Waals surface area contributed by atoms with E-state index in [-0.39, 0.29) is 26.1 Å². The summed E-state index contributed by atoms with van der Waals surface area (Å²) in [5.41, 5.74) is -3.25. The monoisotopic (exact) mass is 358 g/mol. The van der Waals surface area contributed by atoms with Crippen molar-refractivity contribution < 1.29 is 35.5 Å². The first-order chi connectivity index (χ1) is 10.5. The Morgan fingerprint density at radius 2 is 1.96 bits per heavy atom. The number of rotatable bonds is 4. The fourth-order valence-corrected chi connectivity index (χ4v) is 2.47. The molecule has 1 aromatic rings. The molecule has 1 aliphatic heterocycles. The Morgan fingerprint density at radius 3 is 2.48 bits per heavy atom. The molecular weight excluding hydrogens is 344 g/mol. The van der Waals surface area contributed by atoms with E-state index in [1.165, 1.54) is 0 Å². The van der Waals surface area contributed by atoms with E-state index < -0.39 is 44.8 Å². The number of alkyl halides is 4. The van der Waals surface area contributed by atoms with Crippen LogP contribution in [0.3, 0.4) is 0 Å². The third kappa shape index (κ3) is 4.52. The number of halogens is 4. The van der Waals surface area contributed by atoms with E-state index in [0.717, 1.165) is 0 Å². The van der Waals surface area contributed by atoms with Crippen molar-refractivity contribution in [1.82, 2.24) is 4.98 Å². The van der Waals surface area contributed by atoms with Gasteiger partial charge < -0.3 is 9.47 Å². The van der Waals surface area contributed by atoms with Crippen LogP contribution in [0.15, 0.2) is 17.2 Å². The largest absolute Gasteiger partial charge is 0.474 e. The molecule has 0 spiro atoms. The first-order valence-electron chi connectivity index (χ1n) is 6.51. The van der Waals surface area contributed by atoms with Gasteiger partial charge in [0.25, 0.3) is 0 Å². The number of nitrogens with two attached hydrogens (primary N) is 1. The third-order valence-electron chi connectivity index (χ3n) is 3.32. The molecule has 0 aromatic carbocycles. The fourth-order valence-electron chi connectivity index (χ4n) is 1.99. The van der Waals surface area contributed by atoms with Gasteiger partial charge in [-0.3, -0.25) is 0 Å². The number of ether oxygens (including phenoxy) is 2. The summed E-state index contributed by atoms with van der Waals surface area (Å²) >= 11 is 0. The third-order valence-corrected chi connectivity index (χ3v) is 4.20. The Balaban J connectivity index is 2.27. The Hall–Kier alpha value is -1.46. The molecule has 2 N–H and O–H groups in total. The number of pyridine rings is 1. The molecule has 0 saturated carbocycles. The van der Waals surface area contributed by atoms with Gasteiger partial charge >= 0.3 is 6.18 Å². The predicted molar refractivity (Wildman–Crippen MR) is 70.0 cm³/mol. The van der Waals surface area contributed by atoms with Crippen molar-refractivity contribution in [3.63, 3.8) is 0 Å². The second-order valence-corrected chi connectivity index (χ2v) is 6.68. The van der Waals surface area contributed by atoms with E-state index in [9.17, 15) is 26.0 Å². The lowest BCUT2D eigenvalue weighted by atomic mass is 9.98. The molecule has 0 unspecified atom stereocenters. The number of aromatic nitrogens is 1. The van der Waals surface area contributed by atoms with Crippen molar-refractivity contribution in [3.8, 4) is 5.88 Å². The molecular formula is C12H14F4N2O4S. The summed E-state index contributed by atoms with van der Waals surface area (Å²) in [6.07, 6.45) is -4.32. The molecule has 130 valence electrons. The molecule has 11 heteroatoms. The highest BCUT2D eigenvalue weighted by Crippen LogP contribution is 2.37. The highest BCUT2D eigenvalue weighted by molar-refractivity contribution is 7.89. The van der Waals surface area contributed by atoms with Gasteiger partial charge in [-0.15, -0.1) is 0 Å². The molecule has 0 aliphatic carbocycles. The van der Waals surface area contributed by atoms with Crippen molar-refractivity contribution >= 4 is 10.0 Å². The molecule has 0 bridgehead atoms. The van der Waals surface area contributed by atoms with Gasteiger partial charge in [-0.2, -0.15) is 13.2 Å². The van der Waals surface area contributed by atoms with Crippen LogP contribution in [0.25, 0.3) is 0 Å². The minimum atomic E-state index is -4.93. The van der Waals surface area contributed by atoms with Crippen LogP contribution >= 0.6 is 0 Å². The first-order valence-corrected chi connectivity index (χ1v) is 8.05. The van der Waals surface area contributed by atoms with Gasteiger partial charge in [0, 0.05) is 26.1 Å². The van der Waals surface area contributed by atoms with Crippen LogP contribution < -0.4 is 9.88 Å². The minimum Gasteiger partial charge on any atom is -0.474 e. The topological polar surface area (TPSA) is 91.5 Å². The zero-order valence-corrected chi connectivity index (χ0v) is 12.6. The Morgan fingerprint density at radius 1 is 1.35 bits per heavy atom. The van der Waals surface area contributed by atoms with Crippen LogP contribution in [0.2, 0.25) is 0 Å². The molecule has 2 rings (SSSR count). The van der Waals surface area contributed by atoms with Crippen molar-refractivity contribution in [2.75, 3.05) is 19.8 Å². The van der Waals surface area contributed by atoms with Gasteiger partial charge in [0.15, 0.2) is 0 Å². The highest BCUT2D eigenvalue weighted by Gasteiger charge is 2.38. The predicted octanol–water partition coefficient (Wildman–Crippen LogP) is 1.65. The van der Waals surface area contributed by atoms with Crippen LogP contribution in [0.1, 0.15) is 18.4 Å². The van der Waals surface area contributed by atoms with Crippen LogP contribution in [-0.2, 0) is 20.9 Å². The molecule has 0 radical (unpaired) electrons. The number of nitrogens with zero attached hydrogens (tertiary/aromatic N) is 1. The summed E-state index contributed by atoms with van der Waals surface area (Å²) in [7, 11) is -4.36. The summed E-state index contributed by atoms with van der Waals surface area (Å²) < 4.78 is 85.5. The fraction of sp³-hybridized carbons (Fsp3) is 0.583. The van der Waals surface area contributed by atoms with Crippen molar-refractivity contribution in [2.24, 2.45) is 5.14 Å². The molecule has 2 heterocycles. The normalized spacial score (nSPS) is 18.7. The van der Waals surface area contributed by atoms with Crippen LogP contribution in [0.5, 0.6) is 5.88 Å². The van der Waals surface area contributed by atoms with Gasteiger partial charge in [-0.1, -0.05) is 0 Å². The van der Waals surface area contributed by atoms with Crippen LogP contribution in [0.4, 0.5) is 17.6 Å². The van der Waals surface area contributed by atoms with Crippen molar-refractivity contribution in [1.29, 1.82) is 0 Å². The molecule has 1 fully saturated rings. The average molecular weight is 358 g/mol. The second-order valence-electron chi connectivity index (χ2n) is 5.12. The van der Waals surface area contributed by atoms with Gasteiger partial charge in [0.05, 0.1) is 6.20 Å². The van der Waals surface area contributed by atoms with E-state index in [1.54, 1.807) is 0 Å². The summed E-state index contributed by atoms with van der Waals surface area (Å²) in [5, 5.41) is 4.78. The van der Waals surface area contributed by atoms with Crippen LogP contribution in [-0.4, -0.2) is 38.9 Å². The lowest BCUT2D eigenvalue weighted by Crippen LogP contribution is -2.37. The smallest absolute Gasteiger partial charge is 0.421 e. The van der Waals surface area contributed by atoms with Crippen molar-refractivity contribution in [3.05, 3.63) is 17.8 Å².